The highest BCUT2D eigenvalue weighted by Crippen LogP contribution is 2.40. The van der Waals surface area contributed by atoms with E-state index in [1.54, 1.807) is 12.1 Å². The van der Waals surface area contributed by atoms with E-state index in [1.807, 2.05) is 76.2 Å². The fourth-order valence-electron chi connectivity index (χ4n) is 2.81. The molecule has 1 fully saturated rings. The van der Waals surface area contributed by atoms with E-state index in [0.29, 0.717) is 5.56 Å². The first-order valence-electron chi connectivity index (χ1n) is 8.57. The number of nitrogens with one attached hydrogen (secondary N) is 1. The summed E-state index contributed by atoms with van der Waals surface area (Å²) in [5.41, 5.74) is 0.648. The lowest BCUT2D eigenvalue weighted by Gasteiger charge is -2.32. The Hall–Kier alpha value is -2.11. The summed E-state index contributed by atoms with van der Waals surface area (Å²) in [5, 5.41) is 3.08. The predicted molar refractivity (Wildman–Crippen MR) is 99.2 cm³/mol. The molecular formula is C20H24BNO3. The molecule has 1 aliphatic heterocycles. The molecule has 0 unspecified atom stereocenters. The Balaban J connectivity index is 1.88. The second kappa shape index (κ2) is 6.66. The Bertz CT molecular complexity index is 715. The van der Waals surface area contributed by atoms with Crippen molar-refractivity contribution in [2.45, 2.75) is 44.8 Å². The van der Waals surface area contributed by atoms with Crippen molar-refractivity contribution in [1.82, 2.24) is 5.32 Å². The Morgan fingerprint density at radius 2 is 1.36 bits per heavy atom. The fourth-order valence-corrected chi connectivity index (χ4v) is 2.81. The van der Waals surface area contributed by atoms with E-state index in [-0.39, 0.29) is 5.91 Å². The molecule has 3 rings (SSSR count). The van der Waals surface area contributed by atoms with E-state index >= 15 is 0 Å². The van der Waals surface area contributed by atoms with Gasteiger partial charge in [-0.15, -0.1) is 0 Å². The zero-order chi connectivity index (χ0) is 18.1. The molecule has 0 spiro atoms. The third-order valence-corrected chi connectivity index (χ3v) is 5.02. The van der Waals surface area contributed by atoms with Gasteiger partial charge in [-0.05, 0) is 45.4 Å². The minimum atomic E-state index is -0.555. The van der Waals surface area contributed by atoms with Gasteiger partial charge in [0, 0.05) is 5.56 Å². The molecule has 1 N–H and O–H groups in total. The number of carbonyl (C=O) groups excluding carboxylic acids is 1. The van der Waals surface area contributed by atoms with Crippen LogP contribution in [0.15, 0.2) is 60.7 Å². The number of amides is 1. The first-order chi connectivity index (χ1) is 11.8. The van der Waals surface area contributed by atoms with Crippen LogP contribution in [-0.4, -0.2) is 24.2 Å². The lowest BCUT2D eigenvalue weighted by Crippen LogP contribution is -2.41. The van der Waals surface area contributed by atoms with E-state index in [0.717, 1.165) is 5.56 Å². The minimum Gasteiger partial charge on any atom is -0.402 e. The Labute approximate surface area is 149 Å². The van der Waals surface area contributed by atoms with Crippen LogP contribution in [-0.2, 0) is 9.31 Å². The van der Waals surface area contributed by atoms with Gasteiger partial charge in [0.05, 0.1) is 17.1 Å². The lowest BCUT2D eigenvalue weighted by molar-refractivity contribution is 0.00578. The first kappa shape index (κ1) is 17.7. The van der Waals surface area contributed by atoms with Gasteiger partial charge in [-0.3, -0.25) is 4.79 Å². The SMILES string of the molecule is CC1(C)OB([C@H](NC(=O)c2ccccc2)c2ccccc2)OC1(C)C. The maximum absolute atomic E-state index is 12.7. The van der Waals surface area contributed by atoms with Crippen molar-refractivity contribution in [2.24, 2.45) is 0 Å². The van der Waals surface area contributed by atoms with Crippen molar-refractivity contribution >= 4 is 13.0 Å². The summed E-state index contributed by atoms with van der Waals surface area (Å²) in [5.74, 6) is -0.542. The van der Waals surface area contributed by atoms with Gasteiger partial charge in [0.1, 0.15) is 0 Å². The molecule has 2 aromatic rings. The van der Waals surface area contributed by atoms with Crippen molar-refractivity contribution in [3.8, 4) is 0 Å². The van der Waals surface area contributed by atoms with Crippen LogP contribution in [0.2, 0.25) is 0 Å². The van der Waals surface area contributed by atoms with Gasteiger partial charge in [-0.25, -0.2) is 0 Å². The van der Waals surface area contributed by atoms with Crippen LogP contribution in [0.25, 0.3) is 0 Å². The van der Waals surface area contributed by atoms with Crippen LogP contribution in [0.1, 0.15) is 49.6 Å². The van der Waals surface area contributed by atoms with E-state index in [9.17, 15) is 4.79 Å². The lowest BCUT2D eigenvalue weighted by atomic mass is 9.74. The summed E-state index contributed by atoms with van der Waals surface area (Å²) in [6.45, 7) is 8.03. The largest absolute Gasteiger partial charge is 0.486 e. The Morgan fingerprint density at radius 1 is 0.880 bits per heavy atom. The van der Waals surface area contributed by atoms with Crippen LogP contribution < -0.4 is 5.32 Å². The molecule has 2 aromatic carbocycles. The highest BCUT2D eigenvalue weighted by Gasteiger charge is 2.54. The van der Waals surface area contributed by atoms with Gasteiger partial charge in [0.15, 0.2) is 0 Å². The second-order valence-electron chi connectivity index (χ2n) is 7.35. The Morgan fingerprint density at radius 3 is 1.88 bits per heavy atom. The highest BCUT2D eigenvalue weighted by atomic mass is 16.7. The number of carbonyl (C=O) groups is 1. The molecular weight excluding hydrogens is 313 g/mol. The van der Waals surface area contributed by atoms with E-state index in [2.05, 4.69) is 5.32 Å². The van der Waals surface area contributed by atoms with Crippen LogP contribution in [0.5, 0.6) is 0 Å². The molecule has 130 valence electrons. The zero-order valence-corrected chi connectivity index (χ0v) is 15.2. The normalized spacial score (nSPS) is 19.4. The van der Waals surface area contributed by atoms with Crippen LogP contribution in [0.3, 0.4) is 0 Å². The third-order valence-electron chi connectivity index (χ3n) is 5.02. The van der Waals surface area contributed by atoms with Gasteiger partial charge >= 0.3 is 7.12 Å². The molecule has 0 aromatic heterocycles. The smallest absolute Gasteiger partial charge is 0.402 e. The number of benzene rings is 2. The molecule has 1 heterocycles. The molecule has 5 heteroatoms. The molecule has 1 amide bonds. The zero-order valence-electron chi connectivity index (χ0n) is 15.2. The average Bonchev–Trinajstić information content (AvgIpc) is 2.81. The molecule has 1 atom stereocenters. The van der Waals surface area contributed by atoms with E-state index in [4.69, 9.17) is 9.31 Å². The molecule has 0 radical (unpaired) electrons. The molecule has 0 bridgehead atoms. The predicted octanol–water partition coefficient (Wildman–Crippen LogP) is 3.79. The van der Waals surface area contributed by atoms with Crippen molar-refractivity contribution < 1.29 is 14.1 Å². The summed E-state index contributed by atoms with van der Waals surface area (Å²) in [6, 6.07) is 19.0. The molecule has 25 heavy (non-hydrogen) atoms. The van der Waals surface area contributed by atoms with Gasteiger partial charge < -0.3 is 14.6 Å². The van der Waals surface area contributed by atoms with Gasteiger partial charge in [0.25, 0.3) is 5.91 Å². The Kier molecular flexibility index (Phi) is 4.72. The van der Waals surface area contributed by atoms with Crippen LogP contribution in [0, 0.1) is 0 Å². The first-order valence-corrected chi connectivity index (χ1v) is 8.57. The summed E-state index contributed by atoms with van der Waals surface area (Å²) in [4.78, 5) is 12.7. The summed E-state index contributed by atoms with van der Waals surface area (Å²) < 4.78 is 12.4. The van der Waals surface area contributed by atoms with Gasteiger partial charge in [-0.1, -0.05) is 48.5 Å². The molecule has 1 aliphatic rings. The van der Waals surface area contributed by atoms with Crippen molar-refractivity contribution in [3.63, 3.8) is 0 Å². The summed E-state index contributed by atoms with van der Waals surface area (Å²) >= 11 is 0. The van der Waals surface area contributed by atoms with E-state index in [1.165, 1.54) is 0 Å². The van der Waals surface area contributed by atoms with Crippen LogP contribution >= 0.6 is 0 Å². The van der Waals surface area contributed by atoms with Gasteiger partial charge in [-0.2, -0.15) is 0 Å². The number of hydrogen-bond donors (Lipinski definition) is 1. The quantitative estimate of drug-likeness (QED) is 0.864. The molecule has 1 saturated heterocycles. The summed E-state index contributed by atoms with van der Waals surface area (Å²) in [6.07, 6.45) is 0. The molecule has 4 nitrogen and oxygen atoms in total. The second-order valence-corrected chi connectivity index (χ2v) is 7.35. The van der Waals surface area contributed by atoms with Crippen molar-refractivity contribution in [3.05, 3.63) is 71.8 Å². The standard InChI is InChI=1S/C20H24BNO3/c1-19(2)20(3,4)25-21(24-19)17(15-11-7-5-8-12-15)22-18(23)16-13-9-6-10-14-16/h5-14,17H,1-4H3,(H,22,23)/t17-/m1/s1. The number of hydrogen-bond acceptors (Lipinski definition) is 3. The third kappa shape index (κ3) is 3.62. The monoisotopic (exact) mass is 337 g/mol. The minimum absolute atomic E-state index is 0.149. The van der Waals surface area contributed by atoms with Gasteiger partial charge in [0.2, 0.25) is 0 Å². The van der Waals surface area contributed by atoms with Crippen molar-refractivity contribution in [1.29, 1.82) is 0 Å². The molecule has 0 saturated carbocycles. The maximum Gasteiger partial charge on any atom is 0.486 e. The van der Waals surface area contributed by atoms with E-state index < -0.39 is 24.3 Å². The molecule has 0 aliphatic carbocycles. The average molecular weight is 337 g/mol. The maximum atomic E-state index is 12.7. The highest BCUT2D eigenvalue weighted by molar-refractivity contribution is 6.48. The number of rotatable bonds is 4. The van der Waals surface area contributed by atoms with Crippen LogP contribution in [0.4, 0.5) is 0 Å². The topological polar surface area (TPSA) is 47.6 Å². The van der Waals surface area contributed by atoms with Crippen molar-refractivity contribution in [2.75, 3.05) is 0 Å². The fraction of sp³-hybridized carbons (Fsp3) is 0.350. The summed E-state index contributed by atoms with van der Waals surface area (Å²) in [7, 11) is -0.555.